The average molecular weight is 285 g/mol. The number of ketones is 1. The zero-order chi connectivity index (χ0) is 15.4. The second-order valence-corrected chi connectivity index (χ2v) is 5.01. The van der Waals surface area contributed by atoms with Gasteiger partial charge < -0.3 is 5.32 Å². The number of aromatic nitrogens is 2. The standard InChI is InChI=1S/C16H19N3O2/c1-11-16(12(2)19(3)18-11)17-15(21)10-9-14(20)13-7-5-4-6-8-13/h4-8H,9-10H2,1-3H3,(H,17,21). The molecule has 2 aromatic rings. The number of carbonyl (C=O) groups is 2. The van der Waals surface area contributed by atoms with E-state index in [1.54, 1.807) is 16.8 Å². The van der Waals surface area contributed by atoms with Gasteiger partial charge >= 0.3 is 0 Å². The fourth-order valence-corrected chi connectivity index (χ4v) is 2.15. The molecule has 5 nitrogen and oxygen atoms in total. The van der Waals surface area contributed by atoms with Crippen molar-refractivity contribution in [3.05, 3.63) is 47.3 Å². The second-order valence-electron chi connectivity index (χ2n) is 5.01. The Morgan fingerprint density at radius 3 is 2.38 bits per heavy atom. The highest BCUT2D eigenvalue weighted by molar-refractivity contribution is 6.00. The minimum atomic E-state index is -0.168. The topological polar surface area (TPSA) is 64.0 Å². The van der Waals surface area contributed by atoms with Crippen LogP contribution in [0.15, 0.2) is 30.3 Å². The largest absolute Gasteiger partial charge is 0.323 e. The summed E-state index contributed by atoms with van der Waals surface area (Å²) in [6.45, 7) is 3.74. The number of benzene rings is 1. The van der Waals surface area contributed by atoms with Crippen molar-refractivity contribution in [3.63, 3.8) is 0 Å². The second kappa shape index (κ2) is 6.35. The van der Waals surface area contributed by atoms with Crippen molar-refractivity contribution in [2.45, 2.75) is 26.7 Å². The van der Waals surface area contributed by atoms with Crippen molar-refractivity contribution in [1.82, 2.24) is 9.78 Å². The summed E-state index contributed by atoms with van der Waals surface area (Å²) in [5.41, 5.74) is 3.04. The van der Waals surface area contributed by atoms with Crippen LogP contribution in [0.5, 0.6) is 0 Å². The smallest absolute Gasteiger partial charge is 0.224 e. The van der Waals surface area contributed by atoms with Crippen LogP contribution in [-0.2, 0) is 11.8 Å². The number of aryl methyl sites for hydroxylation is 2. The molecule has 0 aliphatic carbocycles. The van der Waals surface area contributed by atoms with Gasteiger partial charge in [0.15, 0.2) is 5.78 Å². The van der Waals surface area contributed by atoms with Gasteiger partial charge in [-0.3, -0.25) is 14.3 Å². The molecule has 0 atom stereocenters. The summed E-state index contributed by atoms with van der Waals surface area (Å²) in [5.74, 6) is -0.191. The molecular weight excluding hydrogens is 266 g/mol. The van der Waals surface area contributed by atoms with E-state index in [4.69, 9.17) is 0 Å². The van der Waals surface area contributed by atoms with Gasteiger partial charge in [0.05, 0.1) is 17.1 Å². The number of rotatable bonds is 5. The van der Waals surface area contributed by atoms with Crippen LogP contribution in [0, 0.1) is 13.8 Å². The van der Waals surface area contributed by atoms with Gasteiger partial charge in [-0.2, -0.15) is 5.10 Å². The molecule has 0 spiro atoms. The van der Waals surface area contributed by atoms with E-state index in [1.165, 1.54) is 0 Å². The van der Waals surface area contributed by atoms with Gasteiger partial charge in [0, 0.05) is 25.5 Å². The molecule has 0 unspecified atom stereocenters. The van der Waals surface area contributed by atoms with E-state index in [0.717, 1.165) is 17.1 Å². The first-order valence-corrected chi connectivity index (χ1v) is 6.87. The molecule has 0 bridgehead atoms. The van der Waals surface area contributed by atoms with Crippen molar-refractivity contribution in [2.75, 3.05) is 5.32 Å². The molecular formula is C16H19N3O2. The molecule has 0 aliphatic heterocycles. The van der Waals surface area contributed by atoms with Crippen molar-refractivity contribution in [2.24, 2.45) is 7.05 Å². The van der Waals surface area contributed by atoms with E-state index in [-0.39, 0.29) is 24.5 Å². The van der Waals surface area contributed by atoms with Crippen LogP contribution in [0.3, 0.4) is 0 Å². The van der Waals surface area contributed by atoms with Crippen molar-refractivity contribution in [1.29, 1.82) is 0 Å². The number of anilines is 1. The van der Waals surface area contributed by atoms with E-state index in [0.29, 0.717) is 5.56 Å². The molecule has 0 radical (unpaired) electrons. The molecule has 1 aromatic carbocycles. The predicted octanol–water partition coefficient (Wildman–Crippen LogP) is 2.64. The number of nitrogens with one attached hydrogen (secondary N) is 1. The summed E-state index contributed by atoms with van der Waals surface area (Å²) < 4.78 is 1.72. The number of Topliss-reactive ketones (excluding diaryl/α,β-unsaturated/α-hetero) is 1. The molecule has 1 amide bonds. The van der Waals surface area contributed by atoms with E-state index >= 15 is 0 Å². The highest BCUT2D eigenvalue weighted by Gasteiger charge is 2.14. The lowest BCUT2D eigenvalue weighted by atomic mass is 10.1. The van der Waals surface area contributed by atoms with Crippen LogP contribution in [0.25, 0.3) is 0 Å². The Morgan fingerprint density at radius 1 is 1.14 bits per heavy atom. The maximum absolute atomic E-state index is 12.0. The summed E-state index contributed by atoms with van der Waals surface area (Å²) in [6.07, 6.45) is 0.371. The Kier molecular flexibility index (Phi) is 4.52. The Balaban J connectivity index is 1.92. The van der Waals surface area contributed by atoms with Crippen LogP contribution in [-0.4, -0.2) is 21.5 Å². The van der Waals surface area contributed by atoms with E-state index in [2.05, 4.69) is 10.4 Å². The molecule has 0 fully saturated rings. The van der Waals surface area contributed by atoms with Gasteiger partial charge in [-0.1, -0.05) is 30.3 Å². The number of carbonyl (C=O) groups excluding carboxylic acids is 2. The summed E-state index contributed by atoms with van der Waals surface area (Å²) in [4.78, 5) is 23.9. The molecule has 0 aliphatic rings. The Bertz CT molecular complexity index is 660. The molecule has 5 heteroatoms. The van der Waals surface area contributed by atoms with Crippen molar-refractivity contribution in [3.8, 4) is 0 Å². The zero-order valence-electron chi connectivity index (χ0n) is 12.5. The van der Waals surface area contributed by atoms with Crippen LogP contribution in [0.2, 0.25) is 0 Å². The van der Waals surface area contributed by atoms with Crippen LogP contribution in [0.4, 0.5) is 5.69 Å². The predicted molar refractivity (Wildman–Crippen MR) is 81.3 cm³/mol. The average Bonchev–Trinajstić information content (AvgIpc) is 2.72. The number of hydrogen-bond acceptors (Lipinski definition) is 3. The Hall–Kier alpha value is -2.43. The molecule has 2 rings (SSSR count). The molecule has 1 aromatic heterocycles. The van der Waals surface area contributed by atoms with E-state index in [9.17, 15) is 9.59 Å². The molecule has 1 N–H and O–H groups in total. The lowest BCUT2D eigenvalue weighted by Crippen LogP contribution is -2.14. The number of nitrogens with zero attached hydrogens (tertiary/aromatic N) is 2. The monoisotopic (exact) mass is 285 g/mol. The first kappa shape index (κ1) is 15.0. The van der Waals surface area contributed by atoms with Gasteiger partial charge in [-0.15, -0.1) is 0 Å². The maximum atomic E-state index is 12.0. The Labute approximate surface area is 124 Å². The van der Waals surface area contributed by atoms with Crippen molar-refractivity contribution < 1.29 is 9.59 Å². The van der Waals surface area contributed by atoms with Gasteiger partial charge in [0.2, 0.25) is 5.91 Å². The van der Waals surface area contributed by atoms with Crippen LogP contribution in [0.1, 0.15) is 34.6 Å². The summed E-state index contributed by atoms with van der Waals surface area (Å²) in [5, 5.41) is 7.07. The normalized spacial score (nSPS) is 10.4. The van der Waals surface area contributed by atoms with E-state index < -0.39 is 0 Å². The highest BCUT2D eigenvalue weighted by Crippen LogP contribution is 2.18. The third-order valence-electron chi connectivity index (χ3n) is 3.45. The van der Waals surface area contributed by atoms with Gasteiger partial charge in [0.1, 0.15) is 0 Å². The van der Waals surface area contributed by atoms with Crippen molar-refractivity contribution >= 4 is 17.4 Å². The first-order chi connectivity index (χ1) is 9.99. The van der Waals surface area contributed by atoms with Crippen LogP contribution < -0.4 is 5.32 Å². The van der Waals surface area contributed by atoms with Gasteiger partial charge in [-0.25, -0.2) is 0 Å². The third kappa shape index (κ3) is 3.56. The quantitative estimate of drug-likeness (QED) is 0.859. The minimum Gasteiger partial charge on any atom is -0.323 e. The Morgan fingerprint density at radius 2 is 1.81 bits per heavy atom. The maximum Gasteiger partial charge on any atom is 0.224 e. The number of amides is 1. The SMILES string of the molecule is Cc1nn(C)c(C)c1NC(=O)CCC(=O)c1ccccc1. The molecule has 0 saturated carbocycles. The lowest BCUT2D eigenvalue weighted by Gasteiger charge is -2.05. The lowest BCUT2D eigenvalue weighted by molar-refractivity contribution is -0.116. The van der Waals surface area contributed by atoms with Crippen LogP contribution >= 0.6 is 0 Å². The van der Waals surface area contributed by atoms with Gasteiger partial charge in [-0.05, 0) is 13.8 Å². The fourth-order valence-electron chi connectivity index (χ4n) is 2.15. The first-order valence-electron chi connectivity index (χ1n) is 6.87. The summed E-state index contributed by atoms with van der Waals surface area (Å²) in [6, 6.07) is 9.01. The molecule has 1 heterocycles. The zero-order valence-corrected chi connectivity index (χ0v) is 12.5. The van der Waals surface area contributed by atoms with Gasteiger partial charge in [0.25, 0.3) is 0 Å². The fraction of sp³-hybridized carbons (Fsp3) is 0.312. The molecule has 0 saturated heterocycles. The van der Waals surface area contributed by atoms with E-state index in [1.807, 2.05) is 39.1 Å². The minimum absolute atomic E-state index is 0.0228. The third-order valence-corrected chi connectivity index (χ3v) is 3.45. The highest BCUT2D eigenvalue weighted by atomic mass is 16.2. The molecule has 21 heavy (non-hydrogen) atoms. The molecule has 110 valence electrons. The summed E-state index contributed by atoms with van der Waals surface area (Å²) >= 11 is 0. The summed E-state index contributed by atoms with van der Waals surface area (Å²) in [7, 11) is 1.83. The number of hydrogen-bond donors (Lipinski definition) is 1.